The zero-order chi connectivity index (χ0) is 20.0. The van der Waals surface area contributed by atoms with E-state index in [9.17, 15) is 9.18 Å². The lowest BCUT2D eigenvalue weighted by Gasteiger charge is -2.30. The molecular formula is C22H29FN2O2. The summed E-state index contributed by atoms with van der Waals surface area (Å²) in [6.45, 7) is 7.33. The van der Waals surface area contributed by atoms with E-state index in [2.05, 4.69) is 32.2 Å². The Balaban J connectivity index is 0.000000208. The summed E-state index contributed by atoms with van der Waals surface area (Å²) in [6, 6.07) is 13.9. The fraction of sp³-hybridized carbons (Fsp3) is 0.409. The van der Waals surface area contributed by atoms with Gasteiger partial charge in [0.1, 0.15) is 5.82 Å². The number of nitrogens with one attached hydrogen (secondary N) is 1. The fourth-order valence-electron chi connectivity index (χ4n) is 3.21. The molecule has 2 unspecified atom stereocenters. The van der Waals surface area contributed by atoms with Crippen LogP contribution in [0.15, 0.2) is 48.5 Å². The second-order valence-corrected chi connectivity index (χ2v) is 7.95. The molecule has 0 amide bonds. The summed E-state index contributed by atoms with van der Waals surface area (Å²) in [4.78, 5) is 11.1. The number of hydrogen-bond acceptors (Lipinski definition) is 3. The number of carboxylic acid groups (broad SMARTS) is 1. The zero-order valence-electron chi connectivity index (χ0n) is 16.2. The van der Waals surface area contributed by atoms with Crippen LogP contribution >= 0.6 is 0 Å². The lowest BCUT2D eigenvalue weighted by molar-refractivity contribution is -0.143. The van der Waals surface area contributed by atoms with Gasteiger partial charge in [0.05, 0.1) is 5.92 Å². The quantitative estimate of drug-likeness (QED) is 0.678. The molecule has 1 saturated heterocycles. The molecule has 2 atom stereocenters. The molecule has 146 valence electrons. The standard InChI is InChI=1S/C12H14FNO2.C10H15N/c13-9-4-1-3-8(7-9)11-10(12(15)16)5-2-6-14-11;1-10(2,3)8-5-4-6-9(11)7-8/h1,3-4,7,10-11,14H,2,5-6H2,(H,15,16);4-7H,11H2,1-3H3. The van der Waals surface area contributed by atoms with Gasteiger partial charge in [-0.3, -0.25) is 4.79 Å². The molecule has 0 bridgehead atoms. The van der Waals surface area contributed by atoms with Crippen LogP contribution in [0.3, 0.4) is 0 Å². The van der Waals surface area contributed by atoms with E-state index in [1.807, 2.05) is 18.2 Å². The van der Waals surface area contributed by atoms with Crippen molar-refractivity contribution in [2.45, 2.75) is 45.1 Å². The minimum atomic E-state index is -0.818. The molecule has 1 aliphatic rings. The van der Waals surface area contributed by atoms with Gasteiger partial charge in [-0.2, -0.15) is 0 Å². The van der Waals surface area contributed by atoms with E-state index < -0.39 is 11.9 Å². The van der Waals surface area contributed by atoms with E-state index in [-0.39, 0.29) is 17.3 Å². The van der Waals surface area contributed by atoms with Gasteiger partial charge in [0.15, 0.2) is 0 Å². The Labute approximate surface area is 160 Å². The summed E-state index contributed by atoms with van der Waals surface area (Å²) in [7, 11) is 0. The highest BCUT2D eigenvalue weighted by Crippen LogP contribution is 2.29. The fourth-order valence-corrected chi connectivity index (χ4v) is 3.21. The molecule has 2 aromatic carbocycles. The van der Waals surface area contributed by atoms with E-state index >= 15 is 0 Å². The number of hydrogen-bond donors (Lipinski definition) is 3. The maximum atomic E-state index is 13.1. The summed E-state index contributed by atoms with van der Waals surface area (Å²) in [5, 5.41) is 12.3. The Bertz CT molecular complexity index is 771. The van der Waals surface area contributed by atoms with Crippen molar-refractivity contribution in [3.05, 3.63) is 65.5 Å². The second kappa shape index (κ2) is 9.00. The van der Waals surface area contributed by atoms with Gasteiger partial charge in [-0.25, -0.2) is 4.39 Å². The van der Waals surface area contributed by atoms with Crippen molar-refractivity contribution < 1.29 is 14.3 Å². The van der Waals surface area contributed by atoms with Gasteiger partial charge >= 0.3 is 5.97 Å². The first kappa shape index (κ1) is 20.9. The molecule has 2 aromatic rings. The lowest BCUT2D eigenvalue weighted by Crippen LogP contribution is -2.38. The third kappa shape index (κ3) is 6.07. The topological polar surface area (TPSA) is 75.4 Å². The summed E-state index contributed by atoms with van der Waals surface area (Å²) >= 11 is 0. The van der Waals surface area contributed by atoms with Gasteiger partial charge in [-0.05, 0) is 60.2 Å². The van der Waals surface area contributed by atoms with Crippen molar-refractivity contribution in [3.63, 3.8) is 0 Å². The highest BCUT2D eigenvalue weighted by Gasteiger charge is 2.31. The molecule has 0 saturated carbocycles. The van der Waals surface area contributed by atoms with E-state index in [1.165, 1.54) is 17.7 Å². The maximum absolute atomic E-state index is 13.1. The second-order valence-electron chi connectivity index (χ2n) is 7.95. The van der Waals surface area contributed by atoms with Crippen molar-refractivity contribution in [2.24, 2.45) is 5.92 Å². The predicted molar refractivity (Wildman–Crippen MR) is 107 cm³/mol. The SMILES string of the molecule is CC(C)(C)c1cccc(N)c1.O=C(O)C1CCCNC1c1cccc(F)c1. The Morgan fingerprint density at radius 2 is 1.89 bits per heavy atom. The van der Waals surface area contributed by atoms with Crippen molar-refractivity contribution in [1.82, 2.24) is 5.32 Å². The number of aliphatic carboxylic acids is 1. The van der Waals surface area contributed by atoms with E-state index in [0.29, 0.717) is 12.0 Å². The van der Waals surface area contributed by atoms with Crippen LogP contribution in [0.2, 0.25) is 0 Å². The Kier molecular flexibility index (Phi) is 6.97. The van der Waals surface area contributed by atoms with Crippen LogP contribution < -0.4 is 11.1 Å². The molecule has 3 rings (SSSR count). The predicted octanol–water partition coefficient (Wildman–Crippen LogP) is 4.52. The lowest BCUT2D eigenvalue weighted by atomic mass is 9.86. The molecule has 1 heterocycles. The van der Waals surface area contributed by atoms with Gasteiger partial charge in [-0.15, -0.1) is 0 Å². The van der Waals surface area contributed by atoms with Gasteiger partial charge in [0, 0.05) is 11.7 Å². The first-order chi connectivity index (χ1) is 12.7. The molecule has 4 N–H and O–H groups in total. The van der Waals surface area contributed by atoms with Crippen LogP contribution in [0.5, 0.6) is 0 Å². The Hall–Kier alpha value is -2.40. The molecule has 1 fully saturated rings. The van der Waals surface area contributed by atoms with Crippen LogP contribution in [0.1, 0.15) is 50.8 Å². The van der Waals surface area contributed by atoms with Crippen LogP contribution in [0.25, 0.3) is 0 Å². The molecule has 0 aromatic heterocycles. The molecule has 1 aliphatic heterocycles. The first-order valence-electron chi connectivity index (χ1n) is 9.26. The normalized spacial score (nSPS) is 19.7. The van der Waals surface area contributed by atoms with Crippen LogP contribution in [-0.4, -0.2) is 17.6 Å². The highest BCUT2D eigenvalue weighted by molar-refractivity contribution is 5.71. The van der Waals surface area contributed by atoms with E-state index in [4.69, 9.17) is 10.8 Å². The van der Waals surface area contributed by atoms with Crippen molar-refractivity contribution >= 4 is 11.7 Å². The third-order valence-electron chi connectivity index (χ3n) is 4.74. The van der Waals surface area contributed by atoms with Gasteiger partial charge < -0.3 is 16.2 Å². The number of anilines is 1. The van der Waals surface area contributed by atoms with Crippen LogP contribution in [-0.2, 0) is 10.2 Å². The number of rotatable bonds is 2. The number of nitrogens with two attached hydrogens (primary N) is 1. The number of piperidine rings is 1. The van der Waals surface area contributed by atoms with Gasteiger partial charge in [0.25, 0.3) is 0 Å². The van der Waals surface area contributed by atoms with Crippen LogP contribution in [0, 0.1) is 11.7 Å². The average Bonchev–Trinajstić information content (AvgIpc) is 2.61. The Morgan fingerprint density at radius 3 is 2.44 bits per heavy atom. The number of halogens is 1. The Morgan fingerprint density at radius 1 is 1.19 bits per heavy atom. The number of benzene rings is 2. The van der Waals surface area contributed by atoms with E-state index in [0.717, 1.165) is 18.7 Å². The molecular weight excluding hydrogens is 343 g/mol. The average molecular weight is 372 g/mol. The third-order valence-corrected chi connectivity index (χ3v) is 4.74. The first-order valence-corrected chi connectivity index (χ1v) is 9.26. The summed E-state index contributed by atoms with van der Waals surface area (Å²) in [5.74, 6) is -1.61. The summed E-state index contributed by atoms with van der Waals surface area (Å²) < 4.78 is 13.1. The van der Waals surface area contributed by atoms with Crippen molar-refractivity contribution in [3.8, 4) is 0 Å². The van der Waals surface area contributed by atoms with E-state index in [1.54, 1.807) is 12.1 Å². The molecule has 0 aliphatic carbocycles. The summed E-state index contributed by atoms with van der Waals surface area (Å²) in [6.07, 6.45) is 1.49. The van der Waals surface area contributed by atoms with Crippen molar-refractivity contribution in [2.75, 3.05) is 12.3 Å². The molecule has 5 heteroatoms. The maximum Gasteiger partial charge on any atom is 0.308 e. The van der Waals surface area contributed by atoms with Crippen LogP contribution in [0.4, 0.5) is 10.1 Å². The van der Waals surface area contributed by atoms with Crippen molar-refractivity contribution in [1.29, 1.82) is 0 Å². The highest BCUT2D eigenvalue weighted by atomic mass is 19.1. The number of nitrogen functional groups attached to an aromatic ring is 1. The largest absolute Gasteiger partial charge is 0.481 e. The minimum absolute atomic E-state index is 0.204. The summed E-state index contributed by atoms with van der Waals surface area (Å²) in [5.41, 5.74) is 8.71. The van der Waals surface area contributed by atoms with Gasteiger partial charge in [0.2, 0.25) is 0 Å². The molecule has 27 heavy (non-hydrogen) atoms. The molecule has 0 spiro atoms. The molecule has 4 nitrogen and oxygen atoms in total. The number of carboxylic acids is 1. The zero-order valence-corrected chi connectivity index (χ0v) is 16.2. The smallest absolute Gasteiger partial charge is 0.308 e. The monoisotopic (exact) mass is 372 g/mol. The minimum Gasteiger partial charge on any atom is -0.481 e. The van der Waals surface area contributed by atoms with Gasteiger partial charge in [-0.1, -0.05) is 45.0 Å². The number of carbonyl (C=O) groups is 1. The molecule has 0 radical (unpaired) electrons.